The SMILES string of the molecule is CCN(CCc1ccccn1)C(=O)c1cc(-c2cnc(N)nc2)nc2c(C)cccc12. The third-order valence-electron chi connectivity index (χ3n) is 5.27. The second-order valence-corrected chi connectivity index (χ2v) is 7.31. The fraction of sp³-hybridized carbons (Fsp3) is 0.208. The van der Waals surface area contributed by atoms with E-state index in [1.54, 1.807) is 18.6 Å². The van der Waals surface area contributed by atoms with Crippen molar-refractivity contribution in [1.29, 1.82) is 0 Å². The highest BCUT2D eigenvalue weighted by Crippen LogP contribution is 2.27. The summed E-state index contributed by atoms with van der Waals surface area (Å²) in [7, 11) is 0. The molecule has 0 atom stereocenters. The Bertz CT molecular complexity index is 1210. The second kappa shape index (κ2) is 8.87. The summed E-state index contributed by atoms with van der Waals surface area (Å²) in [6.07, 6.45) is 5.72. The van der Waals surface area contributed by atoms with Crippen molar-refractivity contribution in [2.45, 2.75) is 20.3 Å². The van der Waals surface area contributed by atoms with Gasteiger partial charge in [0.2, 0.25) is 5.95 Å². The monoisotopic (exact) mass is 412 g/mol. The number of carbonyl (C=O) groups excluding carboxylic acids is 1. The lowest BCUT2D eigenvalue weighted by molar-refractivity contribution is 0.0768. The van der Waals surface area contributed by atoms with E-state index < -0.39 is 0 Å². The molecule has 7 nitrogen and oxygen atoms in total. The number of pyridine rings is 2. The van der Waals surface area contributed by atoms with Crippen LogP contribution >= 0.6 is 0 Å². The average molecular weight is 412 g/mol. The molecule has 0 bridgehead atoms. The molecule has 4 aromatic rings. The molecular weight excluding hydrogens is 388 g/mol. The molecule has 31 heavy (non-hydrogen) atoms. The normalized spacial score (nSPS) is 10.9. The van der Waals surface area contributed by atoms with Crippen molar-refractivity contribution in [2.24, 2.45) is 0 Å². The van der Waals surface area contributed by atoms with Crippen LogP contribution in [-0.4, -0.2) is 43.8 Å². The van der Waals surface area contributed by atoms with Gasteiger partial charge in [0.1, 0.15) is 0 Å². The lowest BCUT2D eigenvalue weighted by Crippen LogP contribution is -2.33. The number of aryl methyl sites for hydroxylation is 1. The highest BCUT2D eigenvalue weighted by molar-refractivity contribution is 6.07. The maximum Gasteiger partial charge on any atom is 0.254 e. The van der Waals surface area contributed by atoms with Crippen molar-refractivity contribution in [3.05, 3.63) is 77.9 Å². The predicted molar refractivity (Wildman–Crippen MR) is 121 cm³/mol. The summed E-state index contributed by atoms with van der Waals surface area (Å²) in [5.74, 6) is 0.165. The number of anilines is 1. The molecular formula is C24H24N6O. The number of nitrogens with zero attached hydrogens (tertiary/aromatic N) is 5. The molecule has 0 unspecified atom stereocenters. The van der Waals surface area contributed by atoms with Gasteiger partial charge in [-0.1, -0.05) is 24.3 Å². The summed E-state index contributed by atoms with van der Waals surface area (Å²) in [5.41, 5.74) is 10.4. The lowest BCUT2D eigenvalue weighted by atomic mass is 10.0. The van der Waals surface area contributed by atoms with E-state index in [0.717, 1.165) is 22.2 Å². The second-order valence-electron chi connectivity index (χ2n) is 7.31. The van der Waals surface area contributed by atoms with Crippen LogP contribution in [0.15, 0.2) is 61.1 Å². The molecule has 1 aromatic carbocycles. The Morgan fingerprint density at radius 2 is 1.87 bits per heavy atom. The average Bonchev–Trinajstić information content (AvgIpc) is 2.80. The van der Waals surface area contributed by atoms with E-state index in [9.17, 15) is 4.79 Å². The van der Waals surface area contributed by atoms with Crippen molar-refractivity contribution in [2.75, 3.05) is 18.8 Å². The molecule has 0 aliphatic carbocycles. The number of benzene rings is 1. The van der Waals surface area contributed by atoms with Crippen molar-refractivity contribution in [3.8, 4) is 11.3 Å². The number of rotatable bonds is 6. The molecule has 0 radical (unpaired) electrons. The molecule has 1 amide bonds. The Morgan fingerprint density at radius 3 is 2.58 bits per heavy atom. The zero-order valence-electron chi connectivity index (χ0n) is 17.6. The number of nitrogen functional groups attached to an aromatic ring is 1. The van der Waals surface area contributed by atoms with Gasteiger partial charge in [-0.15, -0.1) is 0 Å². The number of carbonyl (C=O) groups is 1. The van der Waals surface area contributed by atoms with Gasteiger partial charge < -0.3 is 10.6 Å². The maximum atomic E-state index is 13.6. The van der Waals surface area contributed by atoms with Gasteiger partial charge in [0.25, 0.3) is 5.91 Å². The van der Waals surface area contributed by atoms with Gasteiger partial charge in [-0.2, -0.15) is 0 Å². The van der Waals surface area contributed by atoms with E-state index in [1.807, 2.05) is 61.2 Å². The number of nitrogens with two attached hydrogens (primary N) is 1. The number of para-hydroxylation sites is 1. The Labute approximate surface area is 181 Å². The van der Waals surface area contributed by atoms with Crippen molar-refractivity contribution < 1.29 is 4.79 Å². The van der Waals surface area contributed by atoms with Gasteiger partial charge in [0, 0.05) is 54.7 Å². The largest absolute Gasteiger partial charge is 0.368 e. The standard InChI is InChI=1S/C24H24N6O/c1-3-30(12-10-18-8-4-5-11-26-18)23(31)20-13-21(17-14-27-24(25)28-15-17)29-22-16(2)7-6-9-19(20)22/h4-9,11,13-15H,3,10,12H2,1-2H3,(H2,25,27,28). The smallest absolute Gasteiger partial charge is 0.254 e. The highest BCUT2D eigenvalue weighted by atomic mass is 16.2. The number of likely N-dealkylation sites (N-methyl/N-ethyl adjacent to an activating group) is 1. The molecule has 3 aromatic heterocycles. The first-order valence-electron chi connectivity index (χ1n) is 10.2. The predicted octanol–water partition coefficient (Wildman–Crippen LogP) is 3.68. The molecule has 0 spiro atoms. The first-order chi connectivity index (χ1) is 15.1. The van der Waals surface area contributed by atoms with Crippen LogP contribution in [0.2, 0.25) is 0 Å². The number of hydrogen-bond donors (Lipinski definition) is 1. The number of amides is 1. The fourth-order valence-corrected chi connectivity index (χ4v) is 3.56. The Kier molecular flexibility index (Phi) is 5.84. The molecule has 4 rings (SSSR count). The quantitative estimate of drug-likeness (QED) is 0.519. The third-order valence-corrected chi connectivity index (χ3v) is 5.27. The van der Waals surface area contributed by atoms with Crippen LogP contribution < -0.4 is 5.73 Å². The van der Waals surface area contributed by atoms with E-state index >= 15 is 0 Å². The van der Waals surface area contributed by atoms with Crippen LogP contribution in [0.5, 0.6) is 0 Å². The number of fused-ring (bicyclic) bond motifs is 1. The highest BCUT2D eigenvalue weighted by Gasteiger charge is 2.20. The number of aromatic nitrogens is 4. The van der Waals surface area contributed by atoms with Crippen LogP contribution in [0.25, 0.3) is 22.2 Å². The molecule has 0 saturated heterocycles. The van der Waals surface area contributed by atoms with E-state index in [2.05, 4.69) is 15.0 Å². The van der Waals surface area contributed by atoms with Crippen LogP contribution in [0.4, 0.5) is 5.95 Å². The van der Waals surface area contributed by atoms with E-state index in [-0.39, 0.29) is 11.9 Å². The van der Waals surface area contributed by atoms with Gasteiger partial charge in [0.05, 0.1) is 16.8 Å². The van der Waals surface area contributed by atoms with Gasteiger partial charge in [0.15, 0.2) is 0 Å². The summed E-state index contributed by atoms with van der Waals surface area (Å²) in [4.78, 5) is 32.7. The molecule has 7 heteroatoms. The Hall–Kier alpha value is -3.87. The van der Waals surface area contributed by atoms with Crippen LogP contribution in [0, 0.1) is 6.92 Å². The first-order valence-corrected chi connectivity index (χ1v) is 10.2. The van der Waals surface area contributed by atoms with Gasteiger partial charge in [-0.05, 0) is 37.6 Å². The van der Waals surface area contributed by atoms with E-state index in [1.165, 1.54) is 0 Å². The van der Waals surface area contributed by atoms with Crippen LogP contribution in [-0.2, 0) is 6.42 Å². The summed E-state index contributed by atoms with van der Waals surface area (Å²) in [6.45, 7) is 5.16. The van der Waals surface area contributed by atoms with E-state index in [0.29, 0.717) is 36.3 Å². The van der Waals surface area contributed by atoms with Gasteiger partial charge in [-0.3, -0.25) is 9.78 Å². The third kappa shape index (κ3) is 4.35. The molecule has 0 fully saturated rings. The van der Waals surface area contributed by atoms with Crippen molar-refractivity contribution >= 4 is 22.8 Å². The Morgan fingerprint density at radius 1 is 1.06 bits per heavy atom. The van der Waals surface area contributed by atoms with Gasteiger partial charge in [-0.25, -0.2) is 15.0 Å². The summed E-state index contributed by atoms with van der Waals surface area (Å²) >= 11 is 0. The molecule has 156 valence electrons. The molecule has 0 aliphatic rings. The summed E-state index contributed by atoms with van der Waals surface area (Å²) in [5, 5.41) is 0.835. The zero-order chi connectivity index (χ0) is 21.8. The Balaban J connectivity index is 1.74. The van der Waals surface area contributed by atoms with Crippen molar-refractivity contribution in [3.63, 3.8) is 0 Å². The summed E-state index contributed by atoms with van der Waals surface area (Å²) in [6, 6.07) is 13.5. The molecule has 0 saturated carbocycles. The van der Waals surface area contributed by atoms with Gasteiger partial charge >= 0.3 is 0 Å². The first kappa shape index (κ1) is 20.4. The van der Waals surface area contributed by atoms with Crippen molar-refractivity contribution in [1.82, 2.24) is 24.8 Å². The zero-order valence-corrected chi connectivity index (χ0v) is 17.6. The fourth-order valence-electron chi connectivity index (χ4n) is 3.56. The molecule has 3 heterocycles. The van der Waals surface area contributed by atoms with Crippen LogP contribution in [0.1, 0.15) is 28.5 Å². The number of hydrogen-bond acceptors (Lipinski definition) is 6. The minimum absolute atomic E-state index is 0.0333. The lowest BCUT2D eigenvalue weighted by Gasteiger charge is -2.22. The molecule has 2 N–H and O–H groups in total. The van der Waals surface area contributed by atoms with E-state index in [4.69, 9.17) is 10.7 Å². The minimum Gasteiger partial charge on any atom is -0.368 e. The maximum absolute atomic E-state index is 13.6. The summed E-state index contributed by atoms with van der Waals surface area (Å²) < 4.78 is 0. The van der Waals surface area contributed by atoms with Crippen LogP contribution in [0.3, 0.4) is 0 Å². The minimum atomic E-state index is -0.0333. The molecule has 0 aliphatic heterocycles. The topological polar surface area (TPSA) is 97.9 Å².